The van der Waals surface area contributed by atoms with Gasteiger partial charge in [-0.25, -0.2) is 0 Å². The third kappa shape index (κ3) is 22.0. The Morgan fingerprint density at radius 3 is 1.32 bits per heavy atom. The van der Waals surface area contributed by atoms with Crippen molar-refractivity contribution in [1.82, 2.24) is 25.8 Å². The van der Waals surface area contributed by atoms with Crippen LogP contribution in [0.2, 0.25) is 0 Å². The van der Waals surface area contributed by atoms with E-state index in [2.05, 4.69) is 50.7 Å². The molecule has 108 heavy (non-hydrogen) atoms. The summed E-state index contributed by atoms with van der Waals surface area (Å²) in [4.78, 5) is 33.0. The average molecular weight is 1480 g/mol. The Morgan fingerprint density at radius 2 is 0.824 bits per heavy atom. The Balaban J connectivity index is 0.000000194. The summed E-state index contributed by atoms with van der Waals surface area (Å²) in [5.74, 6) is 1.18. The molecule has 5 aromatic heterocycles. The number of oxime groups is 1. The lowest BCUT2D eigenvalue weighted by atomic mass is 10.1. The van der Waals surface area contributed by atoms with Crippen LogP contribution < -0.4 is 23.7 Å². The minimum Gasteiger partial charge on any atom is -0.504 e. The van der Waals surface area contributed by atoms with Gasteiger partial charge >= 0.3 is 5.97 Å². The number of esters is 1. The second-order valence-corrected chi connectivity index (χ2v) is 22.9. The first-order valence-electron chi connectivity index (χ1n) is 32.8. The number of nitrogens with zero attached hydrogens (tertiary/aromatic N) is 6. The summed E-state index contributed by atoms with van der Waals surface area (Å²) in [6, 6.07) is 37.9. The van der Waals surface area contributed by atoms with Crippen LogP contribution >= 0.6 is 0 Å². The predicted molar refractivity (Wildman–Crippen MR) is 403 cm³/mol. The molecule has 28 heteroatoms. The van der Waals surface area contributed by atoms with Crippen molar-refractivity contribution in [2.75, 3.05) is 41.5 Å². The minimum atomic E-state index is -0.369. The van der Waals surface area contributed by atoms with Gasteiger partial charge in [0.15, 0.2) is 88.4 Å². The summed E-state index contributed by atoms with van der Waals surface area (Å²) >= 11 is 0. The number of aromatic hydroxyl groups is 6. The van der Waals surface area contributed by atoms with E-state index in [0.717, 1.165) is 78.7 Å². The van der Waals surface area contributed by atoms with E-state index in [9.17, 15) is 29.7 Å². The number of fused-ring (bicyclic) bond motifs is 5. The molecular formula is C80H84N6O22. The van der Waals surface area contributed by atoms with Crippen LogP contribution in [0.25, 0.3) is 54.8 Å². The number of aryl methyl sites for hydroxylation is 5. The summed E-state index contributed by atoms with van der Waals surface area (Å²) in [5.41, 5.74) is 10.0. The lowest BCUT2D eigenvalue weighted by molar-refractivity contribution is -0.131. The summed E-state index contributed by atoms with van der Waals surface area (Å²) in [6.07, 6.45) is 6.67. The number of carbonyl (C=O) groups is 3. The number of phenols is 6. The van der Waals surface area contributed by atoms with Crippen LogP contribution in [0.5, 0.6) is 63.2 Å². The van der Waals surface area contributed by atoms with Gasteiger partial charge in [0.1, 0.15) is 6.61 Å². The lowest BCUT2D eigenvalue weighted by Gasteiger charge is -2.14. The van der Waals surface area contributed by atoms with Gasteiger partial charge in [-0.15, -0.1) is 13.2 Å². The van der Waals surface area contributed by atoms with E-state index in [1.165, 1.54) is 66.2 Å². The van der Waals surface area contributed by atoms with Gasteiger partial charge in [-0.3, -0.25) is 14.4 Å². The van der Waals surface area contributed by atoms with Crippen LogP contribution in [0.4, 0.5) is 0 Å². The number of aromatic nitrogens is 5. The molecule has 0 aliphatic carbocycles. The number of hydrogen-bond acceptors (Lipinski definition) is 28. The number of methoxy groups -OCH3 is 3. The Hall–Kier alpha value is -13.5. The molecule has 0 saturated carbocycles. The van der Waals surface area contributed by atoms with Crippen molar-refractivity contribution in [2.45, 2.75) is 75.2 Å². The number of Topliss-reactive ketones (excluding diaryl/α,β-unsaturated/α-hetero) is 2. The molecule has 0 aliphatic heterocycles. The van der Waals surface area contributed by atoms with E-state index >= 15 is 0 Å². The van der Waals surface area contributed by atoms with Gasteiger partial charge in [0.2, 0.25) is 27.9 Å². The maximum absolute atomic E-state index is 11.4. The van der Waals surface area contributed by atoms with Crippen molar-refractivity contribution in [2.24, 2.45) is 5.16 Å². The van der Waals surface area contributed by atoms with Gasteiger partial charge in [0, 0.05) is 64.8 Å². The molecule has 0 amide bonds. The van der Waals surface area contributed by atoms with Gasteiger partial charge in [-0.2, -0.15) is 0 Å². The third-order valence-corrected chi connectivity index (χ3v) is 15.2. The molecule has 0 atom stereocenters. The van der Waals surface area contributed by atoms with Crippen molar-refractivity contribution in [3.8, 4) is 63.2 Å². The Bertz CT molecular complexity index is 5240. The second-order valence-electron chi connectivity index (χ2n) is 22.9. The number of rotatable bonds is 18. The fourth-order valence-electron chi connectivity index (χ4n) is 9.83. The maximum Gasteiger partial charge on any atom is 0.308 e. The van der Waals surface area contributed by atoms with Crippen molar-refractivity contribution in [3.63, 3.8) is 0 Å². The van der Waals surface area contributed by atoms with Crippen molar-refractivity contribution >= 4 is 78.1 Å². The molecule has 7 N–H and O–H groups in total. The smallest absolute Gasteiger partial charge is 0.308 e. The average Bonchev–Trinajstić information content (AvgIpc) is 1.59. The van der Waals surface area contributed by atoms with E-state index in [4.69, 9.17) is 76.3 Å². The summed E-state index contributed by atoms with van der Waals surface area (Å²) in [7, 11) is 4.66. The zero-order chi connectivity index (χ0) is 79.1. The number of benzene rings is 8. The van der Waals surface area contributed by atoms with Gasteiger partial charge in [-0.05, 0) is 153 Å². The summed E-state index contributed by atoms with van der Waals surface area (Å²) in [6.45, 7) is 26.5. The number of carbonyl (C=O) groups excluding carboxylic acids is 3. The number of para-hydroxylation sites is 6. The van der Waals surface area contributed by atoms with Gasteiger partial charge in [-0.1, -0.05) is 104 Å². The molecule has 13 aromatic rings. The number of ether oxygens (including phenoxy) is 7. The molecule has 28 nitrogen and oxygen atoms in total. The normalized spacial score (nSPS) is 10.5. The van der Waals surface area contributed by atoms with Crippen LogP contribution in [0.3, 0.4) is 0 Å². The number of phenolic OH excluding ortho intramolecular Hbond substituents is 6. The zero-order valence-corrected chi connectivity index (χ0v) is 61.5. The quantitative estimate of drug-likeness (QED) is 0.00483. The van der Waals surface area contributed by atoms with Crippen LogP contribution in [-0.4, -0.2) is 126 Å². The van der Waals surface area contributed by atoms with Crippen molar-refractivity contribution in [3.05, 3.63) is 228 Å². The zero-order valence-electron chi connectivity index (χ0n) is 61.5. The maximum atomic E-state index is 11.4. The third-order valence-electron chi connectivity index (χ3n) is 15.2. The molecule has 8 aromatic carbocycles. The monoisotopic (exact) mass is 1480 g/mol. The van der Waals surface area contributed by atoms with Crippen LogP contribution in [-0.2, 0) is 27.1 Å². The van der Waals surface area contributed by atoms with Gasteiger partial charge < -0.3 is 91.6 Å². The molecule has 13 rings (SSSR count). The summed E-state index contributed by atoms with van der Waals surface area (Å²) < 4.78 is 61.4. The number of hydrogen-bond donors (Lipinski definition) is 7. The predicted octanol–water partition coefficient (Wildman–Crippen LogP) is 16.5. The van der Waals surface area contributed by atoms with Crippen molar-refractivity contribution in [1.29, 1.82) is 0 Å². The molecule has 0 saturated heterocycles. The second kappa shape index (κ2) is 41.1. The molecule has 0 spiro atoms. The largest absolute Gasteiger partial charge is 0.504 e. The van der Waals surface area contributed by atoms with Gasteiger partial charge in [0.25, 0.3) is 0 Å². The van der Waals surface area contributed by atoms with E-state index in [-0.39, 0.29) is 76.9 Å². The highest BCUT2D eigenvalue weighted by Crippen LogP contribution is 2.36. The van der Waals surface area contributed by atoms with E-state index in [1.54, 1.807) is 73.9 Å². The van der Waals surface area contributed by atoms with E-state index in [0.29, 0.717) is 75.1 Å². The summed E-state index contributed by atoms with van der Waals surface area (Å²) in [5, 5.41) is 90.4. The highest BCUT2D eigenvalue weighted by molar-refractivity contribution is 6.01. The van der Waals surface area contributed by atoms with Crippen LogP contribution in [0.15, 0.2) is 199 Å². The lowest BCUT2D eigenvalue weighted by Crippen LogP contribution is -2.08. The Kier molecular flexibility index (Phi) is 31.8. The molecular weight excluding hydrogens is 1400 g/mol. The first kappa shape index (κ1) is 83.5. The topological polar surface area (TPSA) is 400 Å². The first-order valence-corrected chi connectivity index (χ1v) is 32.8. The molecule has 0 fully saturated rings. The van der Waals surface area contributed by atoms with E-state index < -0.39 is 0 Å². The van der Waals surface area contributed by atoms with Crippen LogP contribution in [0, 0.1) is 34.6 Å². The van der Waals surface area contributed by atoms with Gasteiger partial charge in [0.05, 0.1) is 52.4 Å². The Morgan fingerprint density at radius 1 is 0.417 bits per heavy atom. The Labute approximate surface area is 620 Å². The van der Waals surface area contributed by atoms with Crippen molar-refractivity contribution < 1.29 is 106 Å². The first-order chi connectivity index (χ1) is 51.8. The molecule has 0 bridgehead atoms. The molecule has 0 radical (unpaired) electrons. The fourth-order valence-corrected chi connectivity index (χ4v) is 9.83. The SMILES string of the molecule is C/C(=N\O)c1cccc(O)c1O.C=CCOc1cccc2c(C)noc12.C=CCc1ccc2c(C)noc2c1O.C=CCc1ccc2c(C)noc2c1OC.CC(=O)Oc1cccc2c(C)noc12.CC(=O)c1cccc(O)c1O.COCOc1cccc(C(C)=O)c1OCOC.Cc1noc2c(O)cccc12. The fraction of sp³-hybridized carbons (Fsp3) is 0.212. The number of allylic oxidation sites excluding steroid dienone is 2. The molecule has 5 heterocycles. The number of ketones is 2. The molecule has 0 aliphatic rings. The van der Waals surface area contributed by atoms with E-state index in [1.807, 2.05) is 95.3 Å². The standard InChI is InChI=1S/C12H13NO2.C12H16O5.2C11H11NO2.C10H9NO3.C8H9NO3.C8H7NO2.C8H8O3/c1-4-5-9-6-7-10-8(2)13-15-12(10)11(9)14-3;1-9(13)10-5-4-6-11(16-7-14-2)12(10)17-8-15-3;1-3-7-13-10-6-4-5-9-8(2)12-14-11(9)10;1-3-4-8-5-6-9-7(2)12-14-11(9)10(8)13;1-6-8-4-3-5-9(13-7(2)12)10(8)14-11-6;1-5(9-12)6-3-2-4-7(10)8(6)11;1-5-6-3-2-4-7(10)8(6)11-9-5;1-5(9)6-3-2-4-7(10)8(6)11/h4,6-7H,1,5H2,2-3H3;4-6H,7-8H2,1-3H3;3-6H,1,7H2,2H3;3,5-6,13H,1,4H2,2H3;3-5H,1-2H3;2-4,10-12H,1H3;2-4,10H,1H3;2-4,10-11H,1H3/b;;;;;9-5+;;. The molecule has 0 unspecified atom stereocenters. The van der Waals surface area contributed by atoms with Crippen LogP contribution in [0.1, 0.15) is 93.6 Å². The molecule has 566 valence electrons. The highest BCUT2D eigenvalue weighted by atomic mass is 16.7. The minimum absolute atomic E-state index is 0.0492. The highest BCUT2D eigenvalue weighted by Gasteiger charge is 2.18.